The molecular formula is C24H27N7O. The lowest BCUT2D eigenvalue weighted by Gasteiger charge is -2.41. The van der Waals surface area contributed by atoms with Gasteiger partial charge in [0.05, 0.1) is 30.7 Å². The molecule has 5 rings (SSSR count). The number of methoxy groups -OCH3 is 1. The molecule has 1 aliphatic carbocycles. The predicted molar refractivity (Wildman–Crippen MR) is 123 cm³/mol. The Labute approximate surface area is 187 Å². The number of benzene rings is 1. The summed E-state index contributed by atoms with van der Waals surface area (Å²) in [6.07, 6.45) is 9.11. The van der Waals surface area contributed by atoms with E-state index in [-0.39, 0.29) is 6.04 Å². The van der Waals surface area contributed by atoms with Crippen LogP contribution in [0.4, 0.5) is 17.5 Å². The summed E-state index contributed by atoms with van der Waals surface area (Å²) < 4.78 is 7.53. The number of imidazole rings is 1. The number of hydrogen-bond acceptors (Lipinski definition) is 7. The summed E-state index contributed by atoms with van der Waals surface area (Å²) in [7, 11) is 1.66. The van der Waals surface area contributed by atoms with Gasteiger partial charge < -0.3 is 15.0 Å². The molecule has 0 saturated heterocycles. The Bertz CT molecular complexity index is 1190. The second kappa shape index (κ2) is 8.15. The second-order valence-electron chi connectivity index (χ2n) is 8.46. The molecule has 1 saturated carbocycles. The first-order chi connectivity index (χ1) is 15.6. The molecule has 0 spiro atoms. The zero-order valence-corrected chi connectivity index (χ0v) is 18.7. The van der Waals surface area contributed by atoms with Crippen molar-refractivity contribution in [3.63, 3.8) is 0 Å². The minimum Gasteiger partial charge on any atom is -0.495 e. The summed E-state index contributed by atoms with van der Waals surface area (Å²) in [5.41, 5.74) is 4.24. The summed E-state index contributed by atoms with van der Waals surface area (Å²) in [4.78, 5) is 16.4. The van der Waals surface area contributed by atoms with E-state index in [2.05, 4.69) is 33.2 Å². The normalized spacial score (nSPS) is 17.6. The average Bonchev–Trinajstić information content (AvgIpc) is 3.49. The molecule has 8 nitrogen and oxygen atoms in total. The first-order valence-electron chi connectivity index (χ1n) is 11.2. The van der Waals surface area contributed by atoms with Crippen LogP contribution >= 0.6 is 0 Å². The van der Waals surface area contributed by atoms with Gasteiger partial charge in [0.25, 0.3) is 0 Å². The van der Waals surface area contributed by atoms with E-state index in [4.69, 9.17) is 9.72 Å². The number of ether oxygens (including phenoxy) is 1. The van der Waals surface area contributed by atoms with E-state index in [9.17, 15) is 5.26 Å². The van der Waals surface area contributed by atoms with Gasteiger partial charge in [-0.1, -0.05) is 25.8 Å². The Morgan fingerprint density at radius 1 is 1.25 bits per heavy atom. The van der Waals surface area contributed by atoms with Crippen LogP contribution in [0.25, 0.3) is 5.69 Å². The van der Waals surface area contributed by atoms with Crippen LogP contribution in [0.2, 0.25) is 0 Å². The molecule has 164 valence electrons. The van der Waals surface area contributed by atoms with E-state index in [1.807, 2.05) is 35.9 Å². The number of anilines is 3. The van der Waals surface area contributed by atoms with E-state index in [0.29, 0.717) is 17.7 Å². The highest BCUT2D eigenvalue weighted by Gasteiger charge is 2.39. The van der Waals surface area contributed by atoms with E-state index in [0.717, 1.165) is 53.5 Å². The molecular weight excluding hydrogens is 402 g/mol. The molecule has 2 aromatic heterocycles. The number of hydrogen-bond donors (Lipinski definition) is 1. The van der Waals surface area contributed by atoms with Crippen LogP contribution in [0, 0.1) is 18.3 Å². The molecule has 32 heavy (non-hydrogen) atoms. The van der Waals surface area contributed by atoms with Crippen molar-refractivity contribution in [2.45, 2.75) is 58.0 Å². The van der Waals surface area contributed by atoms with Gasteiger partial charge >= 0.3 is 0 Å². The van der Waals surface area contributed by atoms with Crippen molar-refractivity contribution in [3.05, 3.63) is 47.7 Å². The quantitative estimate of drug-likeness (QED) is 0.622. The van der Waals surface area contributed by atoms with Crippen molar-refractivity contribution in [2.24, 2.45) is 0 Å². The monoisotopic (exact) mass is 429 g/mol. The zero-order chi connectivity index (χ0) is 22.2. The first-order valence-corrected chi connectivity index (χ1v) is 11.2. The Morgan fingerprint density at radius 3 is 2.78 bits per heavy atom. The Balaban J connectivity index is 1.62. The standard InChI is InChI=1S/C24H27N7O/c1-4-19-22-18(12-25)27-14-30(22)20-13-26-24(28-17-10-9-15(2)11-21(17)32-3)29-23(20)31(19)16-7-5-6-8-16/h9-11,13-14,16,19H,4-8H2,1-3H3,(H,26,28,29). The topological polar surface area (TPSA) is 91.9 Å². The molecule has 3 aromatic rings. The fourth-order valence-electron chi connectivity index (χ4n) is 5.04. The van der Waals surface area contributed by atoms with Crippen molar-refractivity contribution in [1.29, 1.82) is 5.26 Å². The first kappa shape index (κ1) is 20.3. The molecule has 8 heteroatoms. The number of rotatable bonds is 5. The molecule has 0 radical (unpaired) electrons. The van der Waals surface area contributed by atoms with Gasteiger partial charge in [-0.2, -0.15) is 10.2 Å². The van der Waals surface area contributed by atoms with E-state index in [1.54, 1.807) is 13.4 Å². The van der Waals surface area contributed by atoms with E-state index >= 15 is 0 Å². The van der Waals surface area contributed by atoms with Gasteiger partial charge in [0, 0.05) is 6.04 Å². The average molecular weight is 430 g/mol. The lowest BCUT2D eigenvalue weighted by molar-refractivity contribution is 0.416. The smallest absolute Gasteiger partial charge is 0.229 e. The van der Waals surface area contributed by atoms with Gasteiger partial charge in [0.15, 0.2) is 11.5 Å². The lowest BCUT2D eigenvalue weighted by atomic mass is 10.0. The van der Waals surface area contributed by atoms with Gasteiger partial charge in [-0.3, -0.25) is 4.57 Å². The highest BCUT2D eigenvalue weighted by Crippen LogP contribution is 2.44. The molecule has 1 aromatic carbocycles. The molecule has 1 atom stereocenters. The molecule has 1 unspecified atom stereocenters. The summed E-state index contributed by atoms with van der Waals surface area (Å²) in [5, 5.41) is 13.0. The van der Waals surface area contributed by atoms with Crippen LogP contribution in [0.3, 0.4) is 0 Å². The maximum Gasteiger partial charge on any atom is 0.229 e. The van der Waals surface area contributed by atoms with Crippen LogP contribution in [-0.4, -0.2) is 32.7 Å². The maximum atomic E-state index is 9.67. The predicted octanol–water partition coefficient (Wildman–Crippen LogP) is 4.81. The van der Waals surface area contributed by atoms with Crippen LogP contribution in [0.5, 0.6) is 5.75 Å². The largest absolute Gasteiger partial charge is 0.495 e. The highest BCUT2D eigenvalue weighted by molar-refractivity contribution is 5.68. The Kier molecular flexibility index (Phi) is 5.17. The SMILES string of the molecule is CCC1c2c(C#N)ncn2-c2cnc(Nc3ccc(C)cc3OC)nc2N1C1CCCC1. The van der Waals surface area contributed by atoms with Gasteiger partial charge in [-0.15, -0.1) is 0 Å². The van der Waals surface area contributed by atoms with E-state index in [1.165, 1.54) is 12.8 Å². The Morgan fingerprint density at radius 2 is 2.06 bits per heavy atom. The van der Waals surface area contributed by atoms with Crippen LogP contribution in [0.15, 0.2) is 30.7 Å². The summed E-state index contributed by atoms with van der Waals surface area (Å²) in [6.45, 7) is 4.19. The number of nitrogens with zero attached hydrogens (tertiary/aromatic N) is 6. The third-order valence-corrected chi connectivity index (χ3v) is 6.52. The van der Waals surface area contributed by atoms with Crippen LogP contribution in [0.1, 0.15) is 62.0 Å². The third kappa shape index (κ3) is 3.25. The summed E-state index contributed by atoms with van der Waals surface area (Å²) >= 11 is 0. The van der Waals surface area contributed by atoms with Gasteiger partial charge in [-0.25, -0.2) is 9.97 Å². The number of nitriles is 1. The van der Waals surface area contributed by atoms with Crippen molar-refractivity contribution in [2.75, 3.05) is 17.3 Å². The third-order valence-electron chi connectivity index (χ3n) is 6.52. The lowest BCUT2D eigenvalue weighted by Crippen LogP contribution is -2.42. The summed E-state index contributed by atoms with van der Waals surface area (Å²) in [5.74, 6) is 2.16. The van der Waals surface area contributed by atoms with Crippen molar-refractivity contribution >= 4 is 17.5 Å². The maximum absolute atomic E-state index is 9.67. The van der Waals surface area contributed by atoms with Gasteiger partial charge in [-0.05, 0) is 43.9 Å². The minimum atomic E-state index is 0.0550. The second-order valence-corrected chi connectivity index (χ2v) is 8.46. The number of aromatic nitrogens is 4. The molecule has 1 fully saturated rings. The number of aryl methyl sites for hydroxylation is 1. The molecule has 1 aliphatic heterocycles. The van der Waals surface area contributed by atoms with Crippen molar-refractivity contribution in [3.8, 4) is 17.5 Å². The molecule has 1 N–H and O–H groups in total. The van der Waals surface area contributed by atoms with Crippen molar-refractivity contribution in [1.82, 2.24) is 19.5 Å². The fraction of sp³-hybridized carbons (Fsp3) is 0.417. The molecule has 2 aliphatic rings. The molecule has 0 bridgehead atoms. The molecule has 3 heterocycles. The minimum absolute atomic E-state index is 0.0550. The van der Waals surface area contributed by atoms with E-state index < -0.39 is 0 Å². The van der Waals surface area contributed by atoms with Gasteiger partial charge in [0.1, 0.15) is 23.8 Å². The van der Waals surface area contributed by atoms with Crippen LogP contribution < -0.4 is 15.0 Å². The Hall–Kier alpha value is -3.60. The van der Waals surface area contributed by atoms with Gasteiger partial charge in [0.2, 0.25) is 5.95 Å². The highest BCUT2D eigenvalue weighted by atomic mass is 16.5. The van der Waals surface area contributed by atoms with Crippen LogP contribution in [-0.2, 0) is 0 Å². The number of nitrogens with one attached hydrogen (secondary N) is 1. The molecule has 0 amide bonds. The number of fused-ring (bicyclic) bond motifs is 3. The van der Waals surface area contributed by atoms with Crippen molar-refractivity contribution < 1.29 is 4.74 Å². The zero-order valence-electron chi connectivity index (χ0n) is 18.7. The fourth-order valence-corrected chi connectivity index (χ4v) is 5.04. The summed E-state index contributed by atoms with van der Waals surface area (Å²) in [6, 6.07) is 8.72.